The highest BCUT2D eigenvalue weighted by molar-refractivity contribution is 5.83. The second-order valence-electron chi connectivity index (χ2n) is 16.5. The van der Waals surface area contributed by atoms with E-state index < -0.39 is 108 Å². The van der Waals surface area contributed by atoms with Crippen molar-refractivity contribution in [2.75, 3.05) is 21.2 Å². The van der Waals surface area contributed by atoms with Crippen molar-refractivity contribution in [1.82, 2.24) is 4.90 Å². The van der Waals surface area contributed by atoms with Crippen molar-refractivity contribution in [2.45, 2.75) is 179 Å². The van der Waals surface area contributed by atoms with Crippen molar-refractivity contribution >= 4 is 11.8 Å². The molecule has 0 aliphatic carbocycles. The van der Waals surface area contributed by atoms with Crippen LogP contribution in [-0.2, 0) is 38.0 Å². The number of likely N-dealkylation sites (N-methyl/N-ethyl adjacent to an activating group) is 1. The lowest BCUT2D eigenvalue weighted by atomic mass is 9.74. The Bertz CT molecular complexity index is 1170. The number of carbonyl (C=O) groups excluding carboxylic acids is 2. The highest BCUT2D eigenvalue weighted by Gasteiger charge is 2.53. The summed E-state index contributed by atoms with van der Waals surface area (Å²) in [6.07, 6.45) is -9.71. The predicted octanol–water partition coefficient (Wildman–Crippen LogP) is 1.79. The predicted molar refractivity (Wildman–Crippen MR) is 186 cm³/mol. The normalized spacial score (nSPS) is 49.7. The molecule has 0 saturated carbocycles. The number of rotatable bonds is 7. The molecule has 5 N–H and O–H groups in total. The van der Waals surface area contributed by atoms with Crippen LogP contribution in [0, 0.1) is 23.7 Å². The van der Waals surface area contributed by atoms with Crippen molar-refractivity contribution in [3.8, 4) is 0 Å². The summed E-state index contributed by atoms with van der Waals surface area (Å²) in [5, 5.41) is 57.6. The number of hydrogen-bond donors (Lipinski definition) is 5. The van der Waals surface area contributed by atoms with E-state index in [1.165, 1.54) is 27.9 Å². The average Bonchev–Trinajstić information content (AvgIpc) is 3.05. The van der Waals surface area contributed by atoms with Gasteiger partial charge >= 0.3 is 5.97 Å². The first-order chi connectivity index (χ1) is 23.4. The number of ketones is 1. The minimum atomic E-state index is -1.99. The Kier molecular flexibility index (Phi) is 14.7. The van der Waals surface area contributed by atoms with Crippen LogP contribution in [0.15, 0.2) is 0 Å². The molecular weight excluding hydrogens is 666 g/mol. The average molecular weight is 734 g/mol. The third-order valence-electron chi connectivity index (χ3n) is 11.8. The van der Waals surface area contributed by atoms with Gasteiger partial charge in [0.15, 0.2) is 12.6 Å². The highest BCUT2D eigenvalue weighted by atomic mass is 16.7. The van der Waals surface area contributed by atoms with Gasteiger partial charge in [-0.2, -0.15) is 0 Å². The number of ether oxygens (including phenoxy) is 6. The van der Waals surface area contributed by atoms with Crippen molar-refractivity contribution < 1.29 is 63.5 Å². The van der Waals surface area contributed by atoms with Gasteiger partial charge in [-0.05, 0) is 74.9 Å². The zero-order valence-corrected chi connectivity index (χ0v) is 32.9. The maximum absolute atomic E-state index is 14.1. The summed E-state index contributed by atoms with van der Waals surface area (Å²) in [5.41, 5.74) is -4.84. The fraction of sp³-hybridized carbons (Fsp3) is 0.946. The third kappa shape index (κ3) is 9.51. The van der Waals surface area contributed by atoms with Crippen LogP contribution in [0.1, 0.15) is 94.9 Å². The summed E-state index contributed by atoms with van der Waals surface area (Å²) in [4.78, 5) is 29.8. The number of methoxy groups -OCH3 is 1. The van der Waals surface area contributed by atoms with Crippen LogP contribution < -0.4 is 0 Å². The van der Waals surface area contributed by atoms with Gasteiger partial charge in [0, 0.05) is 37.3 Å². The molecule has 3 rings (SSSR count). The van der Waals surface area contributed by atoms with Gasteiger partial charge in [0.2, 0.25) is 0 Å². The summed E-state index contributed by atoms with van der Waals surface area (Å²) in [6.45, 7) is 16.3. The van der Waals surface area contributed by atoms with Crippen LogP contribution in [0.2, 0.25) is 0 Å². The fourth-order valence-electron chi connectivity index (χ4n) is 8.41. The van der Waals surface area contributed by atoms with Crippen molar-refractivity contribution in [1.29, 1.82) is 0 Å². The van der Waals surface area contributed by atoms with Gasteiger partial charge in [-0.15, -0.1) is 0 Å². The van der Waals surface area contributed by atoms with Gasteiger partial charge in [0.1, 0.15) is 29.7 Å². The number of hydrogen-bond acceptors (Lipinski definition) is 14. The molecule has 2 unspecified atom stereocenters. The summed E-state index contributed by atoms with van der Waals surface area (Å²) in [5.74, 6) is -4.98. The number of aliphatic hydroxyl groups is 5. The van der Waals surface area contributed by atoms with Crippen LogP contribution in [0.3, 0.4) is 0 Å². The standard InChI is InChI=1S/C37H67NO13/c1-14-25-37(10,45)30(41)20(4)27(39)18(2)16-35(8,44)32(51-34-28(40)24(38(11)12)15-19(3)47-34)21(5)29(22(6)33(43)49-25)50-26-17-36(9,46-13)31(42)23(7)48-26/h18-26,28-32,34,40-42,44-45H,14-17H2,1-13H3/t18-,19-,20+,21+,22-,23+,24+,25?,26+,28-,29?,30-,31+,32-,34+,35-,36-,37-/m1/s1. The molecule has 0 amide bonds. The second kappa shape index (κ2) is 17.0. The van der Waals surface area contributed by atoms with E-state index in [1.807, 2.05) is 25.9 Å². The SMILES string of the molecule is CCC1OC(=O)[C@H](C)C(O[C@H]2C[C@@](C)(OC)[C@@H](O)[C@H](C)O2)[C@H](C)[C@@H](O[C@@H]2O[C@H](C)C[C@H](N(C)C)[C@H]2O)[C@](C)(O)C[C@@H](C)C(=O)[C@H](C)[C@@H](O)[C@]1(C)O. The lowest BCUT2D eigenvalue weighted by Crippen LogP contribution is -2.61. The Hall–Kier alpha value is -1.30. The third-order valence-corrected chi connectivity index (χ3v) is 11.8. The second-order valence-corrected chi connectivity index (χ2v) is 16.5. The van der Waals surface area contributed by atoms with Crippen LogP contribution in [0.4, 0.5) is 0 Å². The smallest absolute Gasteiger partial charge is 0.311 e. The van der Waals surface area contributed by atoms with E-state index >= 15 is 0 Å². The number of Topliss-reactive ketones (excluding diaryl/α,β-unsaturated/α-hetero) is 1. The summed E-state index contributed by atoms with van der Waals surface area (Å²) < 4.78 is 37.1. The maximum atomic E-state index is 14.1. The molecule has 18 atom stereocenters. The zero-order valence-electron chi connectivity index (χ0n) is 32.9. The molecule has 298 valence electrons. The minimum absolute atomic E-state index is 0.0936. The van der Waals surface area contributed by atoms with Crippen LogP contribution >= 0.6 is 0 Å². The molecule has 0 spiro atoms. The monoisotopic (exact) mass is 733 g/mol. The highest BCUT2D eigenvalue weighted by Crippen LogP contribution is 2.40. The first-order valence-corrected chi connectivity index (χ1v) is 18.5. The van der Waals surface area contributed by atoms with Crippen molar-refractivity contribution in [2.24, 2.45) is 23.7 Å². The number of cyclic esters (lactones) is 1. The number of esters is 1. The van der Waals surface area contributed by atoms with E-state index in [1.54, 1.807) is 41.5 Å². The molecule has 0 bridgehead atoms. The molecule has 14 nitrogen and oxygen atoms in total. The molecule has 14 heteroatoms. The summed E-state index contributed by atoms with van der Waals surface area (Å²) >= 11 is 0. The molecule has 3 fully saturated rings. The maximum Gasteiger partial charge on any atom is 0.311 e. The Labute approximate surface area is 304 Å². The molecular formula is C37H67NO13. The Morgan fingerprint density at radius 2 is 1.49 bits per heavy atom. The van der Waals surface area contributed by atoms with Gasteiger partial charge in [-0.3, -0.25) is 9.59 Å². The van der Waals surface area contributed by atoms with Crippen LogP contribution in [0.25, 0.3) is 0 Å². The van der Waals surface area contributed by atoms with Crippen LogP contribution in [0.5, 0.6) is 0 Å². The van der Waals surface area contributed by atoms with Gasteiger partial charge in [0.25, 0.3) is 0 Å². The van der Waals surface area contributed by atoms with Gasteiger partial charge in [0.05, 0.1) is 47.6 Å². The number of carbonyl (C=O) groups is 2. The van der Waals surface area contributed by atoms with Crippen molar-refractivity contribution in [3.63, 3.8) is 0 Å². The first-order valence-electron chi connectivity index (χ1n) is 18.5. The molecule has 51 heavy (non-hydrogen) atoms. The van der Waals surface area contributed by atoms with Crippen molar-refractivity contribution in [3.05, 3.63) is 0 Å². The fourth-order valence-corrected chi connectivity index (χ4v) is 8.41. The van der Waals surface area contributed by atoms with E-state index in [2.05, 4.69) is 0 Å². The zero-order chi connectivity index (χ0) is 39.0. The Morgan fingerprint density at radius 1 is 0.882 bits per heavy atom. The van der Waals surface area contributed by atoms with Gasteiger partial charge < -0.3 is 58.9 Å². The molecule has 3 heterocycles. The van der Waals surface area contributed by atoms with Gasteiger partial charge in [-0.25, -0.2) is 0 Å². The van der Waals surface area contributed by atoms with E-state index in [9.17, 15) is 35.1 Å². The first kappa shape index (κ1) is 44.1. The van der Waals surface area contributed by atoms with E-state index in [0.29, 0.717) is 6.42 Å². The molecule has 3 aliphatic heterocycles. The molecule has 0 aromatic rings. The summed E-state index contributed by atoms with van der Waals surface area (Å²) in [6, 6.07) is -0.324. The molecule has 3 aliphatic rings. The molecule has 3 saturated heterocycles. The molecule has 0 aromatic carbocycles. The lowest BCUT2D eigenvalue weighted by molar-refractivity contribution is -0.318. The lowest BCUT2D eigenvalue weighted by Gasteiger charge is -2.49. The van der Waals surface area contributed by atoms with Crippen LogP contribution in [-0.4, -0.2) is 148 Å². The number of nitrogens with zero attached hydrogens (tertiary/aromatic N) is 1. The Morgan fingerprint density at radius 3 is 2.04 bits per heavy atom. The Balaban J connectivity index is 2.18. The topological polar surface area (TPSA) is 194 Å². The quantitative estimate of drug-likeness (QED) is 0.238. The van der Waals surface area contributed by atoms with Gasteiger partial charge in [-0.1, -0.05) is 27.7 Å². The molecule has 0 aromatic heterocycles. The van der Waals surface area contributed by atoms with E-state index in [4.69, 9.17) is 28.4 Å². The van der Waals surface area contributed by atoms with E-state index in [-0.39, 0.29) is 31.4 Å². The minimum Gasteiger partial charge on any atom is -0.459 e. The van der Waals surface area contributed by atoms with E-state index in [0.717, 1.165) is 0 Å². The largest absolute Gasteiger partial charge is 0.459 e. The number of aliphatic hydroxyl groups excluding tert-OH is 3. The molecule has 0 radical (unpaired) electrons. The summed E-state index contributed by atoms with van der Waals surface area (Å²) in [7, 11) is 5.18.